The molecule has 0 aromatic heterocycles. The zero-order valence-corrected chi connectivity index (χ0v) is 15.7. The molecule has 0 bridgehead atoms. The van der Waals surface area contributed by atoms with Crippen LogP contribution < -0.4 is 0 Å². The summed E-state index contributed by atoms with van der Waals surface area (Å²) < 4.78 is 0. The highest BCUT2D eigenvalue weighted by molar-refractivity contribution is 5.75. The molecule has 0 atom stereocenters. The Morgan fingerprint density at radius 3 is 1.55 bits per heavy atom. The van der Waals surface area contributed by atoms with Gasteiger partial charge in [0.2, 0.25) is 5.91 Å². The molecule has 0 aromatic rings. The van der Waals surface area contributed by atoms with Gasteiger partial charge in [0.15, 0.2) is 0 Å². The predicted molar refractivity (Wildman–Crippen MR) is 96.8 cm³/mol. The molecule has 0 aliphatic carbocycles. The molecule has 3 heteroatoms. The van der Waals surface area contributed by atoms with Crippen LogP contribution in [0.5, 0.6) is 0 Å². The smallest absolute Gasteiger partial charge is 0.236 e. The Morgan fingerprint density at radius 2 is 1.14 bits per heavy atom. The minimum atomic E-state index is 0.280. The molecule has 0 fully saturated rings. The van der Waals surface area contributed by atoms with Crippen LogP contribution in [0.1, 0.15) is 97.3 Å². The summed E-state index contributed by atoms with van der Waals surface area (Å²) in [4.78, 5) is 12.1. The third kappa shape index (κ3) is 12.0. The van der Waals surface area contributed by atoms with Gasteiger partial charge in [0, 0.05) is 27.1 Å². The fourth-order valence-electron chi connectivity index (χ4n) is 2.83. The minimum absolute atomic E-state index is 0.280. The van der Waals surface area contributed by atoms with Crippen molar-refractivity contribution in [3.8, 4) is 0 Å². The second-order valence-corrected chi connectivity index (χ2v) is 6.65. The zero-order chi connectivity index (χ0) is 16.6. The predicted octanol–water partition coefficient (Wildman–Crippen LogP) is 5.40. The van der Waals surface area contributed by atoms with Gasteiger partial charge < -0.3 is 0 Å². The summed E-state index contributed by atoms with van der Waals surface area (Å²) in [6.07, 6.45) is 16.3. The molecule has 1 amide bonds. The summed E-state index contributed by atoms with van der Waals surface area (Å²) in [7, 11) is 3.90. The van der Waals surface area contributed by atoms with Crippen molar-refractivity contribution in [2.45, 2.75) is 97.3 Å². The first kappa shape index (κ1) is 21.4. The number of amides is 1. The molecule has 132 valence electrons. The maximum atomic E-state index is 12.1. The Bertz CT molecular complexity index is 254. The Balaban J connectivity index is 3.43. The number of unbranched alkanes of at least 4 members (excludes halogenated alkanes) is 10. The quantitative estimate of drug-likeness (QED) is 0.298. The van der Waals surface area contributed by atoms with Crippen molar-refractivity contribution in [1.82, 2.24) is 10.0 Å². The summed E-state index contributed by atoms with van der Waals surface area (Å²) in [5.74, 6) is 0.280. The van der Waals surface area contributed by atoms with Crippen LogP contribution in [-0.4, -0.2) is 36.6 Å². The second kappa shape index (κ2) is 15.3. The largest absolute Gasteiger partial charge is 0.276 e. The number of rotatable bonds is 15. The van der Waals surface area contributed by atoms with Crippen LogP contribution in [-0.2, 0) is 4.79 Å². The molecule has 0 aromatic carbocycles. The summed E-state index contributed by atoms with van der Waals surface area (Å²) in [5, 5.41) is 3.79. The molecule has 0 saturated heterocycles. The van der Waals surface area contributed by atoms with Gasteiger partial charge in [-0.15, -0.1) is 0 Å². The molecule has 0 N–H and O–H groups in total. The van der Waals surface area contributed by atoms with Gasteiger partial charge in [-0.2, -0.15) is 0 Å². The van der Waals surface area contributed by atoms with Crippen LogP contribution in [0.3, 0.4) is 0 Å². The number of carbonyl (C=O) groups excluding carboxylic acids is 1. The van der Waals surface area contributed by atoms with E-state index in [0.29, 0.717) is 6.42 Å². The Morgan fingerprint density at radius 1 is 0.682 bits per heavy atom. The molecule has 0 rings (SSSR count). The van der Waals surface area contributed by atoms with Crippen LogP contribution in [0, 0.1) is 0 Å². The number of hydrogen-bond acceptors (Lipinski definition) is 2. The number of hydrogen-bond donors (Lipinski definition) is 0. The van der Waals surface area contributed by atoms with Crippen molar-refractivity contribution in [2.24, 2.45) is 0 Å². The topological polar surface area (TPSA) is 23.6 Å². The van der Waals surface area contributed by atoms with Gasteiger partial charge in [0.05, 0.1) is 0 Å². The lowest BCUT2D eigenvalue weighted by Crippen LogP contribution is -2.42. The SMILES string of the molecule is CCCCCCCCCCCCCC(=O)N(CCC)N(C)C. The third-order valence-corrected chi connectivity index (χ3v) is 4.20. The van der Waals surface area contributed by atoms with Crippen molar-refractivity contribution < 1.29 is 4.79 Å². The van der Waals surface area contributed by atoms with Crippen molar-refractivity contribution >= 4 is 5.91 Å². The van der Waals surface area contributed by atoms with Crippen molar-refractivity contribution in [1.29, 1.82) is 0 Å². The summed E-state index contributed by atoms with van der Waals surface area (Å²) >= 11 is 0. The number of nitrogens with zero attached hydrogens (tertiary/aromatic N) is 2. The Hall–Kier alpha value is -0.570. The van der Waals surface area contributed by atoms with Gasteiger partial charge in [0.1, 0.15) is 0 Å². The van der Waals surface area contributed by atoms with Crippen LogP contribution >= 0.6 is 0 Å². The monoisotopic (exact) mass is 312 g/mol. The normalized spacial score (nSPS) is 11.1. The van der Waals surface area contributed by atoms with Crippen LogP contribution in [0.2, 0.25) is 0 Å². The van der Waals surface area contributed by atoms with Crippen LogP contribution in [0.25, 0.3) is 0 Å². The van der Waals surface area contributed by atoms with Gasteiger partial charge in [-0.3, -0.25) is 9.80 Å². The second-order valence-electron chi connectivity index (χ2n) is 6.65. The molecule has 0 spiro atoms. The van der Waals surface area contributed by atoms with E-state index in [-0.39, 0.29) is 5.91 Å². The van der Waals surface area contributed by atoms with E-state index in [1.54, 1.807) is 0 Å². The molecule has 0 saturated carbocycles. The van der Waals surface area contributed by atoms with E-state index in [1.165, 1.54) is 64.2 Å². The number of hydrazine groups is 1. The zero-order valence-electron chi connectivity index (χ0n) is 15.7. The summed E-state index contributed by atoms with van der Waals surface area (Å²) in [6.45, 7) is 5.22. The third-order valence-electron chi connectivity index (χ3n) is 4.20. The fourth-order valence-corrected chi connectivity index (χ4v) is 2.83. The molecule has 0 radical (unpaired) electrons. The Kier molecular flexibility index (Phi) is 14.9. The molecule has 0 aliphatic heterocycles. The summed E-state index contributed by atoms with van der Waals surface area (Å²) in [6, 6.07) is 0. The van der Waals surface area contributed by atoms with Gasteiger partial charge in [0.25, 0.3) is 0 Å². The average Bonchev–Trinajstić information content (AvgIpc) is 2.49. The van der Waals surface area contributed by atoms with E-state index in [2.05, 4.69) is 13.8 Å². The highest BCUT2D eigenvalue weighted by atomic mass is 16.2. The molecular formula is C19H40N2O. The highest BCUT2D eigenvalue weighted by Gasteiger charge is 2.13. The number of carbonyl (C=O) groups is 1. The van der Waals surface area contributed by atoms with E-state index < -0.39 is 0 Å². The molecule has 22 heavy (non-hydrogen) atoms. The van der Waals surface area contributed by atoms with E-state index in [9.17, 15) is 4.79 Å². The van der Waals surface area contributed by atoms with Crippen molar-refractivity contribution in [3.05, 3.63) is 0 Å². The molecule has 3 nitrogen and oxygen atoms in total. The maximum absolute atomic E-state index is 12.1. The van der Waals surface area contributed by atoms with E-state index >= 15 is 0 Å². The lowest BCUT2D eigenvalue weighted by Gasteiger charge is -2.28. The molecular weight excluding hydrogens is 272 g/mol. The average molecular weight is 313 g/mol. The van der Waals surface area contributed by atoms with Gasteiger partial charge in [-0.1, -0.05) is 78.1 Å². The highest BCUT2D eigenvalue weighted by Crippen LogP contribution is 2.12. The fraction of sp³-hybridized carbons (Fsp3) is 0.947. The van der Waals surface area contributed by atoms with Gasteiger partial charge in [-0.05, 0) is 12.8 Å². The lowest BCUT2D eigenvalue weighted by molar-refractivity contribution is -0.144. The standard InChI is InChI=1S/C19H40N2O/c1-5-7-8-9-10-11-12-13-14-15-16-17-19(22)21(18-6-2)20(3)4/h5-18H2,1-4H3. The van der Waals surface area contributed by atoms with Gasteiger partial charge >= 0.3 is 0 Å². The first-order chi connectivity index (χ1) is 10.6. The van der Waals surface area contributed by atoms with Gasteiger partial charge in [-0.25, -0.2) is 5.01 Å². The summed E-state index contributed by atoms with van der Waals surface area (Å²) in [5.41, 5.74) is 0. The molecule has 0 aliphatic rings. The molecule has 0 heterocycles. The van der Waals surface area contributed by atoms with Crippen molar-refractivity contribution in [3.63, 3.8) is 0 Å². The minimum Gasteiger partial charge on any atom is -0.276 e. The maximum Gasteiger partial charge on any atom is 0.236 e. The lowest BCUT2D eigenvalue weighted by atomic mass is 10.1. The van der Waals surface area contributed by atoms with Crippen LogP contribution in [0.4, 0.5) is 0 Å². The Labute approximate surface area is 139 Å². The van der Waals surface area contributed by atoms with E-state index in [0.717, 1.165) is 19.4 Å². The van der Waals surface area contributed by atoms with E-state index in [1.807, 2.05) is 24.1 Å². The van der Waals surface area contributed by atoms with E-state index in [4.69, 9.17) is 0 Å². The van der Waals surface area contributed by atoms with Crippen LogP contribution in [0.15, 0.2) is 0 Å². The first-order valence-corrected chi connectivity index (χ1v) is 9.61. The van der Waals surface area contributed by atoms with Crippen molar-refractivity contribution in [2.75, 3.05) is 20.6 Å². The first-order valence-electron chi connectivity index (χ1n) is 9.61. The molecule has 0 unspecified atom stereocenters.